The van der Waals surface area contributed by atoms with E-state index in [0.29, 0.717) is 11.5 Å². The zero-order chi connectivity index (χ0) is 14.4. The summed E-state index contributed by atoms with van der Waals surface area (Å²) in [5, 5.41) is 0. The molecule has 0 aliphatic rings. The van der Waals surface area contributed by atoms with Crippen LogP contribution in [0, 0.1) is 0 Å². The molecule has 104 valence electrons. The van der Waals surface area contributed by atoms with Crippen LogP contribution in [0.5, 0.6) is 11.5 Å². The average Bonchev–Trinajstić information content (AvgIpc) is 2.43. The van der Waals surface area contributed by atoms with E-state index in [4.69, 9.17) is 14.2 Å². The van der Waals surface area contributed by atoms with E-state index in [9.17, 15) is 9.59 Å². The summed E-state index contributed by atoms with van der Waals surface area (Å²) in [5.74, 6) is -0.00467. The predicted octanol–water partition coefficient (Wildman–Crippen LogP) is 0.949. The average molecular weight is 267 g/mol. The zero-order valence-electron chi connectivity index (χ0n) is 11.4. The minimum Gasteiger partial charge on any atom is -0.497 e. The van der Waals surface area contributed by atoms with Crippen LogP contribution in [-0.2, 0) is 9.53 Å². The maximum atomic E-state index is 11.8. The Labute approximate surface area is 111 Å². The van der Waals surface area contributed by atoms with Crippen molar-refractivity contribution in [3.8, 4) is 11.5 Å². The lowest BCUT2D eigenvalue weighted by atomic mass is 10.2. The van der Waals surface area contributed by atoms with Crippen LogP contribution < -0.4 is 9.47 Å². The molecule has 6 heteroatoms. The lowest BCUT2D eigenvalue weighted by molar-refractivity contribution is -0.131. The lowest BCUT2D eigenvalue weighted by Gasteiger charge is -2.12. The first-order valence-electron chi connectivity index (χ1n) is 5.59. The molecule has 19 heavy (non-hydrogen) atoms. The van der Waals surface area contributed by atoms with Crippen molar-refractivity contribution in [2.24, 2.45) is 0 Å². The number of rotatable bonds is 5. The minimum atomic E-state index is -0.616. The van der Waals surface area contributed by atoms with Gasteiger partial charge in [-0.2, -0.15) is 0 Å². The fourth-order valence-corrected chi connectivity index (χ4v) is 1.30. The number of methoxy groups -OCH3 is 2. The molecule has 0 aliphatic carbocycles. The SMILES string of the molecule is COc1ccc(C(=O)OCC(=O)N(C)C)c(OC)c1. The summed E-state index contributed by atoms with van der Waals surface area (Å²) in [6.45, 7) is -0.305. The summed E-state index contributed by atoms with van der Waals surface area (Å²) >= 11 is 0. The van der Waals surface area contributed by atoms with Gasteiger partial charge < -0.3 is 19.1 Å². The Morgan fingerprint density at radius 3 is 2.37 bits per heavy atom. The van der Waals surface area contributed by atoms with Gasteiger partial charge in [-0.25, -0.2) is 4.79 Å². The van der Waals surface area contributed by atoms with E-state index in [0.717, 1.165) is 0 Å². The van der Waals surface area contributed by atoms with Crippen molar-refractivity contribution in [1.82, 2.24) is 4.90 Å². The van der Waals surface area contributed by atoms with Crippen LogP contribution in [0.2, 0.25) is 0 Å². The third-order valence-electron chi connectivity index (χ3n) is 2.45. The summed E-state index contributed by atoms with van der Waals surface area (Å²) in [7, 11) is 6.13. The molecule has 0 saturated heterocycles. The highest BCUT2D eigenvalue weighted by Gasteiger charge is 2.16. The standard InChI is InChI=1S/C13H17NO5/c1-14(2)12(15)8-19-13(16)10-6-5-9(17-3)7-11(10)18-4/h5-7H,8H2,1-4H3. The predicted molar refractivity (Wildman–Crippen MR) is 68.5 cm³/mol. The highest BCUT2D eigenvalue weighted by Crippen LogP contribution is 2.25. The van der Waals surface area contributed by atoms with Gasteiger partial charge in [-0.1, -0.05) is 0 Å². The van der Waals surface area contributed by atoms with Crippen LogP contribution in [-0.4, -0.2) is 51.7 Å². The van der Waals surface area contributed by atoms with E-state index in [2.05, 4.69) is 0 Å². The first-order chi connectivity index (χ1) is 8.99. The molecule has 1 amide bonds. The Morgan fingerprint density at radius 2 is 1.84 bits per heavy atom. The highest BCUT2D eigenvalue weighted by molar-refractivity contribution is 5.94. The van der Waals surface area contributed by atoms with Crippen molar-refractivity contribution >= 4 is 11.9 Å². The number of likely N-dealkylation sites (N-methyl/N-ethyl adjacent to an activating group) is 1. The molecule has 0 spiro atoms. The summed E-state index contributed by atoms with van der Waals surface area (Å²) < 4.78 is 15.0. The van der Waals surface area contributed by atoms with E-state index >= 15 is 0 Å². The van der Waals surface area contributed by atoms with Gasteiger partial charge in [-0.05, 0) is 12.1 Å². The van der Waals surface area contributed by atoms with Gasteiger partial charge in [0.1, 0.15) is 17.1 Å². The summed E-state index contributed by atoms with van der Waals surface area (Å²) in [5.41, 5.74) is 0.245. The van der Waals surface area contributed by atoms with Crippen LogP contribution in [0.1, 0.15) is 10.4 Å². The van der Waals surface area contributed by atoms with Gasteiger partial charge in [-0.15, -0.1) is 0 Å². The van der Waals surface area contributed by atoms with Crippen molar-refractivity contribution in [2.75, 3.05) is 34.9 Å². The topological polar surface area (TPSA) is 65.1 Å². The number of hydrogen-bond acceptors (Lipinski definition) is 5. The first kappa shape index (κ1) is 14.8. The molecule has 1 aromatic carbocycles. The zero-order valence-corrected chi connectivity index (χ0v) is 11.4. The Bertz CT molecular complexity index is 470. The van der Waals surface area contributed by atoms with Crippen LogP contribution in [0.25, 0.3) is 0 Å². The number of amides is 1. The summed E-state index contributed by atoms with van der Waals surface area (Å²) in [4.78, 5) is 24.5. The second-order valence-corrected chi connectivity index (χ2v) is 3.93. The fraction of sp³-hybridized carbons (Fsp3) is 0.385. The van der Waals surface area contributed by atoms with E-state index in [1.165, 1.54) is 25.2 Å². The number of carbonyl (C=O) groups excluding carboxylic acids is 2. The van der Waals surface area contributed by atoms with Gasteiger partial charge in [0.05, 0.1) is 14.2 Å². The summed E-state index contributed by atoms with van der Waals surface area (Å²) in [6, 6.07) is 4.72. The normalized spacial score (nSPS) is 9.68. The smallest absolute Gasteiger partial charge is 0.342 e. The molecule has 0 bridgehead atoms. The Kier molecular flexibility index (Phi) is 5.17. The highest BCUT2D eigenvalue weighted by atomic mass is 16.5. The van der Waals surface area contributed by atoms with Gasteiger partial charge in [0.2, 0.25) is 0 Å². The van der Waals surface area contributed by atoms with Crippen LogP contribution >= 0.6 is 0 Å². The van der Waals surface area contributed by atoms with Crippen LogP contribution in [0.3, 0.4) is 0 Å². The van der Waals surface area contributed by atoms with E-state index in [-0.39, 0.29) is 18.1 Å². The van der Waals surface area contributed by atoms with Gasteiger partial charge >= 0.3 is 5.97 Å². The molecule has 0 atom stereocenters. The Balaban J connectivity index is 2.79. The maximum absolute atomic E-state index is 11.8. The number of esters is 1. The molecule has 0 unspecified atom stereocenters. The molecular weight excluding hydrogens is 250 g/mol. The molecule has 0 aliphatic heterocycles. The van der Waals surface area contributed by atoms with Crippen molar-refractivity contribution in [3.63, 3.8) is 0 Å². The van der Waals surface area contributed by atoms with Crippen molar-refractivity contribution in [3.05, 3.63) is 23.8 Å². The number of hydrogen-bond donors (Lipinski definition) is 0. The molecule has 0 heterocycles. The quantitative estimate of drug-likeness (QED) is 0.743. The van der Waals surface area contributed by atoms with Crippen molar-refractivity contribution < 1.29 is 23.8 Å². The molecule has 0 aromatic heterocycles. The summed E-state index contributed by atoms with van der Waals surface area (Å²) in [6.07, 6.45) is 0. The maximum Gasteiger partial charge on any atom is 0.342 e. The lowest BCUT2D eigenvalue weighted by Crippen LogP contribution is -2.27. The number of benzene rings is 1. The first-order valence-corrected chi connectivity index (χ1v) is 5.59. The number of nitrogens with zero attached hydrogens (tertiary/aromatic N) is 1. The molecular formula is C13H17NO5. The third-order valence-corrected chi connectivity index (χ3v) is 2.45. The van der Waals surface area contributed by atoms with Crippen LogP contribution in [0.4, 0.5) is 0 Å². The van der Waals surface area contributed by atoms with Gasteiger partial charge in [-0.3, -0.25) is 4.79 Å². The molecule has 6 nitrogen and oxygen atoms in total. The van der Waals surface area contributed by atoms with Gasteiger partial charge in [0.25, 0.3) is 5.91 Å². The van der Waals surface area contributed by atoms with E-state index in [1.54, 1.807) is 26.2 Å². The second kappa shape index (κ2) is 6.63. The fourth-order valence-electron chi connectivity index (χ4n) is 1.30. The molecule has 0 N–H and O–H groups in total. The molecule has 0 fully saturated rings. The van der Waals surface area contributed by atoms with Crippen molar-refractivity contribution in [1.29, 1.82) is 0 Å². The Morgan fingerprint density at radius 1 is 1.16 bits per heavy atom. The van der Waals surface area contributed by atoms with Crippen molar-refractivity contribution in [2.45, 2.75) is 0 Å². The largest absolute Gasteiger partial charge is 0.497 e. The van der Waals surface area contributed by atoms with E-state index in [1.807, 2.05) is 0 Å². The number of ether oxygens (including phenoxy) is 3. The minimum absolute atomic E-state index is 0.245. The molecule has 1 rings (SSSR count). The molecule has 1 aromatic rings. The molecule has 0 radical (unpaired) electrons. The van der Waals surface area contributed by atoms with Crippen LogP contribution in [0.15, 0.2) is 18.2 Å². The van der Waals surface area contributed by atoms with Gasteiger partial charge in [0, 0.05) is 20.2 Å². The monoisotopic (exact) mass is 267 g/mol. The third kappa shape index (κ3) is 3.87. The number of carbonyl (C=O) groups is 2. The van der Waals surface area contributed by atoms with E-state index < -0.39 is 5.97 Å². The second-order valence-electron chi connectivity index (χ2n) is 3.93. The molecule has 0 saturated carbocycles. The van der Waals surface area contributed by atoms with Gasteiger partial charge in [0.15, 0.2) is 6.61 Å². The Hall–Kier alpha value is -2.24.